The van der Waals surface area contributed by atoms with Crippen molar-refractivity contribution in [2.75, 3.05) is 0 Å². The van der Waals surface area contributed by atoms with E-state index in [-0.39, 0.29) is 10.7 Å². The molecule has 0 aromatic heterocycles. The van der Waals surface area contributed by atoms with Crippen molar-refractivity contribution >= 4 is 30.5 Å². The van der Waals surface area contributed by atoms with Crippen LogP contribution < -0.4 is 0 Å². The van der Waals surface area contributed by atoms with E-state index in [9.17, 15) is 10.1 Å². The fourth-order valence-corrected chi connectivity index (χ4v) is 2.12. The number of hydrogen-bond donors (Lipinski definition) is 0. The van der Waals surface area contributed by atoms with Crippen LogP contribution in [0.4, 0.5) is 5.69 Å². The van der Waals surface area contributed by atoms with Crippen molar-refractivity contribution in [1.82, 2.24) is 0 Å². The highest BCUT2D eigenvalue weighted by Crippen LogP contribution is 2.37. The highest BCUT2D eigenvalue weighted by Gasteiger charge is 2.49. The molecule has 0 atom stereocenters. The second-order valence-corrected chi connectivity index (χ2v) is 6.36. The molecule has 1 heterocycles. The zero-order chi connectivity index (χ0) is 15.8. The van der Waals surface area contributed by atoms with Gasteiger partial charge >= 0.3 is 7.12 Å². The largest absolute Gasteiger partial charge is 0.487 e. The molecule has 1 aromatic rings. The third-order valence-electron chi connectivity index (χ3n) is 3.88. The highest BCUT2D eigenvalue weighted by molar-refractivity contribution is 6.52. The van der Waals surface area contributed by atoms with Gasteiger partial charge in [0.25, 0.3) is 5.69 Å². The number of rotatable bonds is 3. The molecule has 0 aliphatic carbocycles. The first kappa shape index (κ1) is 16.0. The highest BCUT2D eigenvalue weighted by atomic mass is 35.5. The summed E-state index contributed by atoms with van der Waals surface area (Å²) in [7, 11) is -0.482. The first-order chi connectivity index (χ1) is 9.62. The van der Waals surface area contributed by atoms with Gasteiger partial charge in [0.05, 0.1) is 16.1 Å². The second kappa shape index (κ2) is 5.44. The summed E-state index contributed by atoms with van der Waals surface area (Å²) in [6.45, 7) is 7.86. The van der Waals surface area contributed by atoms with Crippen molar-refractivity contribution in [3.05, 3.63) is 44.9 Å². The van der Waals surface area contributed by atoms with Crippen LogP contribution in [-0.2, 0) is 9.31 Å². The fourth-order valence-electron chi connectivity index (χ4n) is 1.93. The summed E-state index contributed by atoms with van der Waals surface area (Å²) in [5, 5.41) is 11.0. The van der Waals surface area contributed by atoms with Crippen LogP contribution in [-0.4, -0.2) is 23.2 Å². The van der Waals surface area contributed by atoms with Gasteiger partial charge in [0, 0.05) is 6.07 Å². The number of benzene rings is 1. The van der Waals surface area contributed by atoms with Crippen LogP contribution in [0, 0.1) is 10.1 Å². The van der Waals surface area contributed by atoms with Gasteiger partial charge in [0.2, 0.25) is 0 Å². The Morgan fingerprint density at radius 2 is 1.81 bits per heavy atom. The van der Waals surface area contributed by atoms with Crippen LogP contribution in [0.3, 0.4) is 0 Å². The number of hydrogen-bond acceptors (Lipinski definition) is 4. The molecule has 1 aliphatic rings. The van der Waals surface area contributed by atoms with E-state index in [1.807, 2.05) is 27.7 Å². The minimum absolute atomic E-state index is 0.118. The molecule has 0 bridgehead atoms. The Balaban J connectivity index is 2.16. The predicted octanol–water partition coefficient (Wildman–Crippen LogP) is 3.89. The zero-order valence-corrected chi connectivity index (χ0v) is 13.2. The Kier molecular flexibility index (Phi) is 4.15. The van der Waals surface area contributed by atoms with Crippen LogP contribution in [0.5, 0.6) is 0 Å². The van der Waals surface area contributed by atoms with E-state index >= 15 is 0 Å². The van der Waals surface area contributed by atoms with E-state index in [1.54, 1.807) is 18.1 Å². The molecule has 5 nitrogen and oxygen atoms in total. The van der Waals surface area contributed by atoms with E-state index in [4.69, 9.17) is 20.9 Å². The Bertz CT molecular complexity index is 585. The number of nitro groups is 1. The summed E-state index contributed by atoms with van der Waals surface area (Å²) < 4.78 is 11.6. The molecule has 21 heavy (non-hydrogen) atoms. The summed E-state index contributed by atoms with van der Waals surface area (Å²) in [5.41, 5.74) is -0.268. The Hall–Kier alpha value is -1.37. The molecule has 1 aromatic carbocycles. The molecule has 1 saturated heterocycles. The number of halogens is 1. The lowest BCUT2D eigenvalue weighted by Gasteiger charge is -2.32. The fraction of sp³-hybridized carbons (Fsp3) is 0.429. The lowest BCUT2D eigenvalue weighted by atomic mass is 9.89. The van der Waals surface area contributed by atoms with Gasteiger partial charge in [0.1, 0.15) is 5.02 Å². The van der Waals surface area contributed by atoms with Crippen LogP contribution in [0.25, 0.3) is 6.08 Å². The van der Waals surface area contributed by atoms with Crippen molar-refractivity contribution < 1.29 is 14.2 Å². The van der Waals surface area contributed by atoms with Crippen molar-refractivity contribution in [1.29, 1.82) is 0 Å². The first-order valence-electron chi connectivity index (χ1n) is 6.60. The van der Waals surface area contributed by atoms with Gasteiger partial charge in [-0.25, -0.2) is 0 Å². The van der Waals surface area contributed by atoms with Gasteiger partial charge in [-0.2, -0.15) is 0 Å². The Morgan fingerprint density at radius 1 is 1.24 bits per heavy atom. The normalized spacial score (nSPS) is 20.1. The van der Waals surface area contributed by atoms with Crippen molar-refractivity contribution in [3.63, 3.8) is 0 Å². The molecule has 0 N–H and O–H groups in total. The summed E-state index contributed by atoms with van der Waals surface area (Å²) >= 11 is 5.78. The number of nitro benzene ring substituents is 1. The summed E-state index contributed by atoms with van der Waals surface area (Å²) in [6.07, 6.45) is 1.73. The maximum absolute atomic E-state index is 10.9. The smallest absolute Gasteiger partial charge is 0.400 e. The van der Waals surface area contributed by atoms with Crippen LogP contribution in [0.15, 0.2) is 24.2 Å². The Morgan fingerprint density at radius 3 is 2.33 bits per heavy atom. The second-order valence-electron chi connectivity index (χ2n) is 5.95. The van der Waals surface area contributed by atoms with E-state index in [0.29, 0.717) is 5.56 Å². The molecule has 0 spiro atoms. The van der Waals surface area contributed by atoms with Crippen molar-refractivity contribution in [3.8, 4) is 0 Å². The summed E-state index contributed by atoms with van der Waals surface area (Å²) in [6, 6.07) is 4.63. The molecule has 112 valence electrons. The lowest BCUT2D eigenvalue weighted by molar-refractivity contribution is -0.384. The molecule has 1 fully saturated rings. The molecular weight excluding hydrogens is 292 g/mol. The van der Waals surface area contributed by atoms with E-state index in [2.05, 4.69) is 0 Å². The van der Waals surface area contributed by atoms with E-state index in [1.165, 1.54) is 12.1 Å². The average Bonchev–Trinajstić information content (AvgIpc) is 2.56. The van der Waals surface area contributed by atoms with Gasteiger partial charge in [-0.15, -0.1) is 0 Å². The minimum Gasteiger partial charge on any atom is -0.400 e. The molecule has 2 rings (SSSR count). The minimum atomic E-state index is -0.505. The molecule has 7 heteroatoms. The van der Waals surface area contributed by atoms with Crippen LogP contribution in [0.2, 0.25) is 5.02 Å². The molecule has 0 amide bonds. The van der Waals surface area contributed by atoms with Crippen LogP contribution in [0.1, 0.15) is 33.3 Å². The Labute approximate surface area is 129 Å². The van der Waals surface area contributed by atoms with E-state index < -0.39 is 23.2 Å². The van der Waals surface area contributed by atoms with Crippen LogP contribution >= 0.6 is 11.6 Å². The predicted molar refractivity (Wildman–Crippen MR) is 83.2 cm³/mol. The van der Waals surface area contributed by atoms with Gasteiger partial charge in [-0.1, -0.05) is 29.7 Å². The van der Waals surface area contributed by atoms with Gasteiger partial charge in [0.15, 0.2) is 0 Å². The number of nitrogens with zero attached hydrogens (tertiary/aromatic N) is 1. The topological polar surface area (TPSA) is 61.6 Å². The van der Waals surface area contributed by atoms with E-state index in [0.717, 1.165) is 0 Å². The molecule has 1 aliphatic heterocycles. The molecule has 0 radical (unpaired) electrons. The molecular formula is C14H17BClNO4. The first-order valence-corrected chi connectivity index (χ1v) is 6.98. The molecule has 0 saturated carbocycles. The monoisotopic (exact) mass is 309 g/mol. The zero-order valence-electron chi connectivity index (χ0n) is 12.4. The maximum atomic E-state index is 10.9. The van der Waals surface area contributed by atoms with Gasteiger partial charge in [-0.3, -0.25) is 10.1 Å². The van der Waals surface area contributed by atoms with Gasteiger partial charge < -0.3 is 9.31 Å². The van der Waals surface area contributed by atoms with Gasteiger partial charge in [-0.05, 0) is 39.3 Å². The summed E-state index contributed by atoms with van der Waals surface area (Å²) in [4.78, 5) is 10.3. The third kappa shape index (κ3) is 3.28. The lowest BCUT2D eigenvalue weighted by Crippen LogP contribution is -2.41. The average molecular weight is 310 g/mol. The summed E-state index contributed by atoms with van der Waals surface area (Å²) in [5.74, 6) is 1.74. The SMILES string of the molecule is CC1(C)OB(/C=C/c2ccc(Cl)c([N+](=O)[O-])c2)OC1(C)C. The quantitative estimate of drug-likeness (QED) is 0.483. The third-order valence-corrected chi connectivity index (χ3v) is 4.20. The van der Waals surface area contributed by atoms with Crippen molar-refractivity contribution in [2.45, 2.75) is 38.9 Å². The standard InChI is InChI=1S/C14H17BClNO4/c1-13(2)14(3,4)21-15(20-13)8-7-10-5-6-11(16)12(9-10)17(18)19/h5-9H,1-4H3/b8-7+. The molecule has 0 unspecified atom stereocenters. The van der Waals surface area contributed by atoms with Crippen molar-refractivity contribution in [2.24, 2.45) is 0 Å². The maximum Gasteiger partial charge on any atom is 0.487 e.